The molecule has 0 N–H and O–H groups in total. The summed E-state index contributed by atoms with van der Waals surface area (Å²) in [6.07, 6.45) is 1.92. The van der Waals surface area contributed by atoms with E-state index in [9.17, 15) is 8.42 Å². The molecule has 0 atom stereocenters. The van der Waals surface area contributed by atoms with E-state index < -0.39 is 10.0 Å². The van der Waals surface area contributed by atoms with Gasteiger partial charge < -0.3 is 0 Å². The quantitative estimate of drug-likeness (QED) is 0.874. The first-order valence-electron chi connectivity index (χ1n) is 6.35. The number of benzene rings is 1. The van der Waals surface area contributed by atoms with Crippen molar-refractivity contribution in [3.05, 3.63) is 59.0 Å². The zero-order chi connectivity index (χ0) is 14.9. The van der Waals surface area contributed by atoms with Gasteiger partial charge in [0.05, 0.1) is 5.56 Å². The molecule has 0 aliphatic carbocycles. The van der Waals surface area contributed by atoms with Crippen molar-refractivity contribution < 1.29 is 8.42 Å². The van der Waals surface area contributed by atoms with Crippen LogP contribution in [0.3, 0.4) is 0 Å². The standard InChI is InChI=1S/C15H12N2O2S2/c16-10-13-7-9-20-15(13)21(18,19)17-8-6-14(11-17)12-4-2-1-3-5-12/h1-7,9H,8,11H2. The number of hydrogen-bond donors (Lipinski definition) is 0. The second-order valence-corrected chi connectivity index (χ2v) is 7.68. The van der Waals surface area contributed by atoms with Crippen molar-refractivity contribution in [3.8, 4) is 6.07 Å². The highest BCUT2D eigenvalue weighted by atomic mass is 32.2. The highest BCUT2D eigenvalue weighted by Gasteiger charge is 2.31. The van der Waals surface area contributed by atoms with Crippen LogP contribution in [0.25, 0.3) is 5.57 Å². The van der Waals surface area contributed by atoms with Gasteiger partial charge in [-0.05, 0) is 22.6 Å². The van der Waals surface area contributed by atoms with Crippen molar-refractivity contribution in [3.63, 3.8) is 0 Å². The fraction of sp³-hybridized carbons (Fsp3) is 0.133. The minimum Gasteiger partial charge on any atom is -0.206 e. The van der Waals surface area contributed by atoms with Crippen molar-refractivity contribution >= 4 is 26.9 Å². The summed E-state index contributed by atoms with van der Waals surface area (Å²) in [4.78, 5) is 0. The number of nitrogens with zero attached hydrogens (tertiary/aromatic N) is 2. The summed E-state index contributed by atoms with van der Waals surface area (Å²) in [7, 11) is -3.60. The molecule has 3 rings (SSSR count). The molecule has 2 heterocycles. The van der Waals surface area contributed by atoms with Crippen LogP contribution in [-0.4, -0.2) is 25.8 Å². The maximum absolute atomic E-state index is 12.6. The van der Waals surface area contributed by atoms with Crippen LogP contribution in [0.4, 0.5) is 0 Å². The molecule has 106 valence electrons. The molecular formula is C15H12N2O2S2. The summed E-state index contributed by atoms with van der Waals surface area (Å²) in [5.74, 6) is 0. The molecule has 1 aromatic heterocycles. The monoisotopic (exact) mass is 316 g/mol. The summed E-state index contributed by atoms with van der Waals surface area (Å²) in [5.41, 5.74) is 2.24. The first-order chi connectivity index (χ1) is 10.1. The Bertz CT molecular complexity index is 830. The molecule has 4 nitrogen and oxygen atoms in total. The summed E-state index contributed by atoms with van der Waals surface area (Å²) >= 11 is 1.09. The van der Waals surface area contributed by atoms with E-state index in [-0.39, 0.29) is 9.77 Å². The normalized spacial score (nSPS) is 15.7. The van der Waals surface area contributed by atoms with Crippen LogP contribution in [0.1, 0.15) is 11.1 Å². The van der Waals surface area contributed by atoms with E-state index in [0.717, 1.165) is 22.5 Å². The molecule has 0 radical (unpaired) electrons. The smallest absolute Gasteiger partial charge is 0.206 e. The predicted molar refractivity (Wildman–Crippen MR) is 82.2 cm³/mol. The maximum Gasteiger partial charge on any atom is 0.254 e. The summed E-state index contributed by atoms with van der Waals surface area (Å²) < 4.78 is 26.7. The molecule has 1 aliphatic rings. The molecule has 0 saturated carbocycles. The second kappa shape index (κ2) is 5.45. The van der Waals surface area contributed by atoms with E-state index in [1.807, 2.05) is 42.5 Å². The molecule has 0 fully saturated rings. The van der Waals surface area contributed by atoms with E-state index in [0.29, 0.717) is 13.1 Å². The third-order valence-corrected chi connectivity index (χ3v) is 6.63. The minimum absolute atomic E-state index is 0.132. The third kappa shape index (κ3) is 2.51. The Labute approximate surface area is 127 Å². The minimum atomic E-state index is -3.60. The van der Waals surface area contributed by atoms with Gasteiger partial charge in [-0.15, -0.1) is 11.3 Å². The van der Waals surface area contributed by atoms with Crippen LogP contribution in [0.5, 0.6) is 0 Å². The predicted octanol–water partition coefficient (Wildman–Crippen LogP) is 2.71. The zero-order valence-electron chi connectivity index (χ0n) is 11.1. The average molecular weight is 316 g/mol. The van der Waals surface area contributed by atoms with Crippen molar-refractivity contribution in [1.82, 2.24) is 4.31 Å². The number of hydrogen-bond acceptors (Lipinski definition) is 4. The van der Waals surface area contributed by atoms with Crippen molar-refractivity contribution in [2.24, 2.45) is 0 Å². The van der Waals surface area contributed by atoms with E-state index in [1.165, 1.54) is 4.31 Å². The van der Waals surface area contributed by atoms with Gasteiger partial charge in [-0.1, -0.05) is 36.4 Å². The lowest BCUT2D eigenvalue weighted by atomic mass is 10.1. The van der Waals surface area contributed by atoms with Crippen LogP contribution >= 0.6 is 11.3 Å². The molecule has 2 aromatic rings. The van der Waals surface area contributed by atoms with E-state index in [2.05, 4.69) is 0 Å². The highest BCUT2D eigenvalue weighted by molar-refractivity contribution is 7.91. The van der Waals surface area contributed by atoms with E-state index >= 15 is 0 Å². The van der Waals surface area contributed by atoms with Gasteiger partial charge in [0.25, 0.3) is 10.0 Å². The van der Waals surface area contributed by atoms with Gasteiger partial charge in [0.15, 0.2) is 4.21 Å². The summed E-state index contributed by atoms with van der Waals surface area (Å²) in [6.45, 7) is 0.685. The van der Waals surface area contributed by atoms with Crippen LogP contribution in [0.2, 0.25) is 0 Å². The van der Waals surface area contributed by atoms with Gasteiger partial charge in [-0.2, -0.15) is 9.57 Å². The number of thiophene rings is 1. The molecule has 1 aliphatic heterocycles. The van der Waals surface area contributed by atoms with Gasteiger partial charge in [0.2, 0.25) is 0 Å². The van der Waals surface area contributed by atoms with Gasteiger partial charge in [-0.3, -0.25) is 0 Å². The van der Waals surface area contributed by atoms with Crippen LogP contribution in [0, 0.1) is 11.3 Å². The first kappa shape index (κ1) is 14.0. The van der Waals surface area contributed by atoms with Gasteiger partial charge in [0.1, 0.15) is 6.07 Å². The van der Waals surface area contributed by atoms with Crippen molar-refractivity contribution in [2.45, 2.75) is 4.21 Å². The van der Waals surface area contributed by atoms with Crippen LogP contribution in [0.15, 0.2) is 52.1 Å². The fourth-order valence-electron chi connectivity index (χ4n) is 2.27. The molecule has 0 unspecified atom stereocenters. The summed E-state index contributed by atoms with van der Waals surface area (Å²) in [6, 6.07) is 13.2. The lowest BCUT2D eigenvalue weighted by Crippen LogP contribution is -2.28. The maximum atomic E-state index is 12.6. The third-order valence-electron chi connectivity index (χ3n) is 3.36. The molecule has 0 amide bonds. The molecule has 1 aromatic carbocycles. The van der Waals surface area contributed by atoms with Gasteiger partial charge in [-0.25, -0.2) is 8.42 Å². The van der Waals surface area contributed by atoms with Gasteiger partial charge in [0, 0.05) is 13.1 Å². The SMILES string of the molecule is N#Cc1ccsc1S(=O)(=O)N1CC=C(c2ccccc2)C1. The number of nitriles is 1. The molecule has 21 heavy (non-hydrogen) atoms. The fourth-order valence-corrected chi connectivity index (χ4v) is 5.01. The van der Waals surface area contributed by atoms with E-state index in [1.54, 1.807) is 11.4 Å². The molecule has 0 spiro atoms. The highest BCUT2D eigenvalue weighted by Crippen LogP contribution is 2.30. The van der Waals surface area contributed by atoms with Gasteiger partial charge >= 0.3 is 0 Å². The topological polar surface area (TPSA) is 61.2 Å². The molecule has 0 bridgehead atoms. The molecule has 6 heteroatoms. The lowest BCUT2D eigenvalue weighted by Gasteiger charge is -2.15. The van der Waals surface area contributed by atoms with Crippen LogP contribution in [-0.2, 0) is 10.0 Å². The largest absolute Gasteiger partial charge is 0.254 e. The average Bonchev–Trinajstić information content (AvgIpc) is 3.17. The lowest BCUT2D eigenvalue weighted by molar-refractivity contribution is 0.491. The summed E-state index contributed by atoms with van der Waals surface area (Å²) in [5, 5.41) is 10.6. The van der Waals surface area contributed by atoms with Crippen molar-refractivity contribution in [2.75, 3.05) is 13.1 Å². The second-order valence-electron chi connectivity index (χ2n) is 4.63. The van der Waals surface area contributed by atoms with Crippen LogP contribution < -0.4 is 0 Å². The zero-order valence-corrected chi connectivity index (χ0v) is 12.7. The Balaban J connectivity index is 1.87. The number of rotatable bonds is 3. The Morgan fingerprint density at radius 1 is 1.19 bits per heavy atom. The Morgan fingerprint density at radius 2 is 1.95 bits per heavy atom. The number of sulfonamides is 1. The first-order valence-corrected chi connectivity index (χ1v) is 8.67. The van der Waals surface area contributed by atoms with E-state index in [4.69, 9.17) is 5.26 Å². The Kier molecular flexibility index (Phi) is 3.64. The molecule has 0 saturated heterocycles. The Hall–Kier alpha value is -1.94. The Morgan fingerprint density at radius 3 is 2.67 bits per heavy atom. The molecular weight excluding hydrogens is 304 g/mol. The van der Waals surface area contributed by atoms with Crippen molar-refractivity contribution in [1.29, 1.82) is 5.26 Å².